The largest absolute Gasteiger partial charge is 0.393 e. The third-order valence-electron chi connectivity index (χ3n) is 2.21. The van der Waals surface area contributed by atoms with Gasteiger partial charge in [0.1, 0.15) is 0 Å². The zero-order valence-electron chi connectivity index (χ0n) is 8.09. The van der Waals surface area contributed by atoms with Gasteiger partial charge >= 0.3 is 0 Å². The Hall–Kier alpha value is -1.42. The summed E-state index contributed by atoms with van der Waals surface area (Å²) in [7, 11) is 0. The summed E-state index contributed by atoms with van der Waals surface area (Å²) in [6.45, 7) is 1.80. The van der Waals surface area contributed by atoms with Crippen LogP contribution in [0.25, 0.3) is 5.65 Å². The van der Waals surface area contributed by atoms with Gasteiger partial charge in [-0.15, -0.1) is 0 Å². The van der Waals surface area contributed by atoms with E-state index in [1.54, 1.807) is 19.3 Å². The Kier molecular flexibility index (Phi) is 2.45. The highest BCUT2D eigenvalue weighted by atomic mass is 16.3. The molecular formula is C10H13N3O. The van der Waals surface area contributed by atoms with Crippen molar-refractivity contribution in [3.63, 3.8) is 0 Å². The van der Waals surface area contributed by atoms with Crippen LogP contribution in [0.15, 0.2) is 24.8 Å². The SMILES string of the molecule is C[C@@H](O)CCc1cnc2cnccn12. The van der Waals surface area contributed by atoms with E-state index in [4.69, 9.17) is 0 Å². The van der Waals surface area contributed by atoms with Gasteiger partial charge in [0.2, 0.25) is 0 Å². The van der Waals surface area contributed by atoms with Gasteiger partial charge in [0.25, 0.3) is 0 Å². The minimum atomic E-state index is -0.262. The standard InChI is InChI=1S/C10H13N3O/c1-8(14)2-3-9-6-12-10-7-11-4-5-13(9)10/h4-8,14H,2-3H2,1H3/t8-/m1/s1. The van der Waals surface area contributed by atoms with E-state index in [0.29, 0.717) is 0 Å². The lowest BCUT2D eigenvalue weighted by Crippen LogP contribution is -2.03. The van der Waals surface area contributed by atoms with Crippen molar-refractivity contribution in [3.8, 4) is 0 Å². The molecule has 2 heterocycles. The summed E-state index contributed by atoms with van der Waals surface area (Å²) in [5.74, 6) is 0. The first-order valence-electron chi connectivity index (χ1n) is 4.71. The van der Waals surface area contributed by atoms with Gasteiger partial charge in [-0.3, -0.25) is 4.98 Å². The van der Waals surface area contributed by atoms with Crippen molar-refractivity contribution in [1.82, 2.24) is 14.4 Å². The molecule has 0 radical (unpaired) electrons. The first kappa shape index (κ1) is 9.15. The van der Waals surface area contributed by atoms with Crippen LogP contribution in [0.5, 0.6) is 0 Å². The van der Waals surface area contributed by atoms with Gasteiger partial charge in [-0.2, -0.15) is 0 Å². The topological polar surface area (TPSA) is 50.4 Å². The lowest BCUT2D eigenvalue weighted by molar-refractivity contribution is 0.184. The Labute approximate surface area is 82.2 Å². The molecule has 0 aliphatic heterocycles. The van der Waals surface area contributed by atoms with Crippen LogP contribution in [-0.4, -0.2) is 25.6 Å². The zero-order valence-corrected chi connectivity index (χ0v) is 8.09. The summed E-state index contributed by atoms with van der Waals surface area (Å²) in [4.78, 5) is 8.20. The van der Waals surface area contributed by atoms with Crippen molar-refractivity contribution < 1.29 is 5.11 Å². The Morgan fingerprint density at radius 1 is 1.50 bits per heavy atom. The summed E-state index contributed by atoms with van der Waals surface area (Å²) in [6.07, 6.45) is 8.52. The van der Waals surface area contributed by atoms with E-state index in [1.807, 2.05) is 16.8 Å². The Morgan fingerprint density at radius 3 is 3.14 bits per heavy atom. The van der Waals surface area contributed by atoms with Gasteiger partial charge in [0.05, 0.1) is 12.3 Å². The summed E-state index contributed by atoms with van der Waals surface area (Å²) in [6, 6.07) is 0. The van der Waals surface area contributed by atoms with E-state index in [-0.39, 0.29) is 6.10 Å². The van der Waals surface area contributed by atoms with E-state index in [0.717, 1.165) is 24.2 Å². The molecule has 2 rings (SSSR count). The molecule has 1 N–H and O–H groups in total. The fourth-order valence-corrected chi connectivity index (χ4v) is 1.44. The quantitative estimate of drug-likeness (QED) is 0.788. The molecule has 0 unspecified atom stereocenters. The maximum absolute atomic E-state index is 9.18. The molecular weight excluding hydrogens is 178 g/mol. The lowest BCUT2D eigenvalue weighted by atomic mass is 10.2. The molecule has 0 spiro atoms. The molecule has 0 saturated heterocycles. The second kappa shape index (κ2) is 3.75. The van der Waals surface area contributed by atoms with E-state index >= 15 is 0 Å². The number of imidazole rings is 1. The molecule has 2 aromatic heterocycles. The normalized spacial score (nSPS) is 13.3. The number of hydrogen-bond donors (Lipinski definition) is 1. The summed E-state index contributed by atoms with van der Waals surface area (Å²) >= 11 is 0. The summed E-state index contributed by atoms with van der Waals surface area (Å²) in [5.41, 5.74) is 1.97. The smallest absolute Gasteiger partial charge is 0.155 e. The Morgan fingerprint density at radius 2 is 2.36 bits per heavy atom. The molecule has 4 nitrogen and oxygen atoms in total. The average molecular weight is 191 g/mol. The maximum Gasteiger partial charge on any atom is 0.155 e. The number of nitrogens with zero attached hydrogens (tertiary/aromatic N) is 3. The second-order valence-corrected chi connectivity index (χ2v) is 3.44. The van der Waals surface area contributed by atoms with Crippen LogP contribution < -0.4 is 0 Å². The highest BCUT2D eigenvalue weighted by Gasteiger charge is 2.03. The zero-order chi connectivity index (χ0) is 9.97. The van der Waals surface area contributed by atoms with E-state index in [1.165, 1.54) is 0 Å². The van der Waals surface area contributed by atoms with Crippen LogP contribution in [-0.2, 0) is 6.42 Å². The van der Waals surface area contributed by atoms with Gasteiger partial charge in [0, 0.05) is 24.3 Å². The van der Waals surface area contributed by atoms with Gasteiger partial charge < -0.3 is 9.51 Å². The third kappa shape index (κ3) is 1.75. The van der Waals surface area contributed by atoms with Crippen molar-refractivity contribution in [3.05, 3.63) is 30.5 Å². The highest BCUT2D eigenvalue weighted by molar-refractivity contribution is 5.36. The van der Waals surface area contributed by atoms with Gasteiger partial charge in [-0.05, 0) is 19.8 Å². The molecule has 0 aliphatic rings. The molecule has 0 aromatic carbocycles. The molecule has 14 heavy (non-hydrogen) atoms. The molecule has 0 bridgehead atoms. The minimum absolute atomic E-state index is 0.262. The van der Waals surface area contributed by atoms with Crippen molar-refractivity contribution in [2.75, 3.05) is 0 Å². The number of aryl methyl sites for hydroxylation is 1. The van der Waals surface area contributed by atoms with Crippen LogP contribution in [0, 0.1) is 0 Å². The molecule has 0 amide bonds. The van der Waals surface area contributed by atoms with E-state index < -0.39 is 0 Å². The molecule has 0 saturated carbocycles. The summed E-state index contributed by atoms with van der Waals surface area (Å²) < 4.78 is 2.00. The van der Waals surface area contributed by atoms with Crippen LogP contribution >= 0.6 is 0 Å². The predicted molar refractivity (Wildman–Crippen MR) is 53.0 cm³/mol. The van der Waals surface area contributed by atoms with Crippen LogP contribution in [0.2, 0.25) is 0 Å². The van der Waals surface area contributed by atoms with Gasteiger partial charge in [0.15, 0.2) is 5.65 Å². The first-order chi connectivity index (χ1) is 6.77. The monoisotopic (exact) mass is 191 g/mol. The number of fused-ring (bicyclic) bond motifs is 1. The number of hydrogen-bond acceptors (Lipinski definition) is 3. The van der Waals surface area contributed by atoms with Crippen LogP contribution in [0.4, 0.5) is 0 Å². The van der Waals surface area contributed by atoms with Crippen molar-refractivity contribution in [2.24, 2.45) is 0 Å². The van der Waals surface area contributed by atoms with Gasteiger partial charge in [-0.25, -0.2) is 4.98 Å². The van der Waals surface area contributed by atoms with E-state index in [2.05, 4.69) is 9.97 Å². The fraction of sp³-hybridized carbons (Fsp3) is 0.400. The van der Waals surface area contributed by atoms with Crippen molar-refractivity contribution in [2.45, 2.75) is 25.9 Å². The number of aromatic nitrogens is 3. The fourth-order valence-electron chi connectivity index (χ4n) is 1.44. The maximum atomic E-state index is 9.18. The molecule has 2 aromatic rings. The molecule has 4 heteroatoms. The van der Waals surface area contributed by atoms with Gasteiger partial charge in [-0.1, -0.05) is 0 Å². The van der Waals surface area contributed by atoms with Crippen LogP contribution in [0.3, 0.4) is 0 Å². The minimum Gasteiger partial charge on any atom is -0.393 e. The first-order valence-corrected chi connectivity index (χ1v) is 4.71. The van der Waals surface area contributed by atoms with Crippen LogP contribution in [0.1, 0.15) is 19.0 Å². The number of aliphatic hydroxyl groups excluding tert-OH is 1. The number of rotatable bonds is 3. The highest BCUT2D eigenvalue weighted by Crippen LogP contribution is 2.08. The molecule has 74 valence electrons. The lowest BCUT2D eigenvalue weighted by Gasteiger charge is -2.03. The molecule has 0 fully saturated rings. The number of aliphatic hydroxyl groups is 1. The second-order valence-electron chi connectivity index (χ2n) is 3.44. The predicted octanol–water partition coefficient (Wildman–Crippen LogP) is 1.04. The third-order valence-corrected chi connectivity index (χ3v) is 2.21. The Balaban J connectivity index is 2.25. The van der Waals surface area contributed by atoms with Crippen molar-refractivity contribution in [1.29, 1.82) is 0 Å². The van der Waals surface area contributed by atoms with Crippen molar-refractivity contribution >= 4 is 5.65 Å². The Bertz CT molecular complexity index is 422. The van der Waals surface area contributed by atoms with E-state index in [9.17, 15) is 5.11 Å². The molecule has 1 atom stereocenters. The summed E-state index contributed by atoms with van der Waals surface area (Å²) in [5, 5.41) is 9.18. The molecule has 0 aliphatic carbocycles. The average Bonchev–Trinajstić information content (AvgIpc) is 2.58.